The zero-order valence-electron chi connectivity index (χ0n) is 16.7. The summed E-state index contributed by atoms with van der Waals surface area (Å²) in [5.74, 6) is -1.26. The van der Waals surface area contributed by atoms with Gasteiger partial charge in [-0.2, -0.15) is 0 Å². The summed E-state index contributed by atoms with van der Waals surface area (Å²) in [6.45, 7) is 1.51. The van der Waals surface area contributed by atoms with E-state index in [1.54, 1.807) is 12.1 Å². The highest BCUT2D eigenvalue weighted by Crippen LogP contribution is 2.59. The lowest BCUT2D eigenvalue weighted by Gasteiger charge is -2.41. The molecule has 0 bridgehead atoms. The number of rotatable bonds is 5. The highest BCUT2D eigenvalue weighted by Gasteiger charge is 2.45. The normalized spacial score (nSPS) is 17.8. The van der Waals surface area contributed by atoms with Crippen molar-refractivity contribution in [2.75, 3.05) is 55.5 Å². The van der Waals surface area contributed by atoms with Gasteiger partial charge in [0.25, 0.3) is 0 Å². The molecule has 0 saturated carbocycles. The Hall–Kier alpha value is -1.99. The number of esters is 2. The van der Waals surface area contributed by atoms with E-state index in [1.807, 2.05) is 51.1 Å². The summed E-state index contributed by atoms with van der Waals surface area (Å²) in [5, 5.41) is 0.230. The minimum absolute atomic E-state index is 0.0295. The van der Waals surface area contributed by atoms with Gasteiger partial charge in [0, 0.05) is 13.1 Å². The molecule has 0 aromatic heterocycles. The number of likely N-dealkylation sites (N-methyl/N-ethyl adjacent to an activating group) is 2. The lowest BCUT2D eigenvalue weighted by atomic mass is 10.2. The summed E-state index contributed by atoms with van der Waals surface area (Å²) in [4.78, 5) is 30.1. The van der Waals surface area contributed by atoms with Crippen LogP contribution in [-0.4, -0.2) is 92.5 Å². The lowest BCUT2D eigenvalue weighted by molar-refractivity contribution is -0.134. The van der Waals surface area contributed by atoms with Gasteiger partial charge in [-0.1, -0.05) is 18.2 Å². The number of nitrogens with zero attached hydrogens (tertiary/aromatic N) is 4. The van der Waals surface area contributed by atoms with E-state index in [9.17, 15) is 9.59 Å². The molecule has 0 amide bonds. The fourth-order valence-electron chi connectivity index (χ4n) is 3.36. The first-order valence-corrected chi connectivity index (χ1v) is 10.1. The molecule has 1 aliphatic rings. The average molecular weight is 394 g/mol. The smallest absolute Gasteiger partial charge is 0.357 e. The average Bonchev–Trinajstić information content (AvgIpc) is 2.96. The third kappa shape index (κ3) is 3.84. The van der Waals surface area contributed by atoms with Gasteiger partial charge in [-0.3, -0.25) is 14.0 Å². The molecule has 0 radical (unpaired) electrons. The van der Waals surface area contributed by atoms with Crippen LogP contribution in [0.3, 0.4) is 0 Å². The van der Waals surface area contributed by atoms with E-state index in [4.69, 9.17) is 9.47 Å². The summed E-state index contributed by atoms with van der Waals surface area (Å²) in [5.41, 5.74) is 0.527. The predicted octanol–water partition coefficient (Wildman–Crippen LogP) is 1.48. The van der Waals surface area contributed by atoms with Crippen LogP contribution >= 0.6 is 7.34 Å². The maximum absolute atomic E-state index is 13.0. The molecule has 148 valence electrons. The van der Waals surface area contributed by atoms with E-state index in [0.29, 0.717) is 5.69 Å². The second-order valence-electron chi connectivity index (χ2n) is 6.31. The Morgan fingerprint density at radius 3 is 1.96 bits per heavy atom. The van der Waals surface area contributed by atoms with Gasteiger partial charge in [-0.25, -0.2) is 14.6 Å². The van der Waals surface area contributed by atoms with Gasteiger partial charge >= 0.3 is 11.9 Å². The van der Waals surface area contributed by atoms with E-state index >= 15 is 0 Å². The summed E-state index contributed by atoms with van der Waals surface area (Å²) >= 11 is 0. The number of hydrogen-bond donors (Lipinski definition) is 0. The zero-order valence-corrected chi connectivity index (χ0v) is 17.6. The van der Waals surface area contributed by atoms with E-state index in [2.05, 4.69) is 14.3 Å². The van der Waals surface area contributed by atoms with Crippen molar-refractivity contribution in [2.24, 2.45) is 4.99 Å². The predicted molar refractivity (Wildman–Crippen MR) is 108 cm³/mol. The Labute approximate surface area is 160 Å². The van der Waals surface area contributed by atoms with Crippen molar-refractivity contribution >= 4 is 36.0 Å². The number of carbonyl (C=O) groups excluding carboxylic acids is 2. The fourth-order valence-corrected chi connectivity index (χ4v) is 7.69. The minimum Gasteiger partial charge on any atom is -0.465 e. The molecule has 8 nitrogen and oxygen atoms in total. The summed E-state index contributed by atoms with van der Waals surface area (Å²) in [6, 6.07) is 9.02. The van der Waals surface area contributed by atoms with Crippen molar-refractivity contribution < 1.29 is 19.1 Å². The Bertz CT molecular complexity index is 778. The monoisotopic (exact) mass is 394 g/mol. The number of para-hydroxylation sites is 1. The van der Waals surface area contributed by atoms with Gasteiger partial charge in [0.1, 0.15) is 5.29 Å². The molecule has 1 saturated heterocycles. The van der Waals surface area contributed by atoms with E-state index in [-0.39, 0.29) is 11.0 Å². The van der Waals surface area contributed by atoms with Gasteiger partial charge in [-0.15, -0.1) is 0 Å². The first-order chi connectivity index (χ1) is 12.8. The molecule has 1 fully saturated rings. The third-order valence-corrected chi connectivity index (χ3v) is 8.95. The molecule has 1 aromatic carbocycles. The van der Waals surface area contributed by atoms with Gasteiger partial charge in [0.2, 0.25) is 0 Å². The van der Waals surface area contributed by atoms with Gasteiger partial charge in [0.15, 0.2) is 5.71 Å². The number of carbonyl (C=O) groups is 2. The van der Waals surface area contributed by atoms with Crippen LogP contribution < -0.4 is 0 Å². The van der Waals surface area contributed by atoms with Gasteiger partial charge in [-0.05, 0) is 40.3 Å². The van der Waals surface area contributed by atoms with Crippen LogP contribution in [-0.2, 0) is 19.1 Å². The van der Waals surface area contributed by atoms with Gasteiger partial charge < -0.3 is 9.47 Å². The van der Waals surface area contributed by atoms with Crippen molar-refractivity contribution in [1.29, 1.82) is 0 Å². The first-order valence-electron chi connectivity index (χ1n) is 8.49. The molecule has 2 rings (SSSR count). The molecule has 1 aliphatic heterocycles. The fraction of sp³-hybridized carbons (Fsp3) is 0.444. The highest BCUT2D eigenvalue weighted by atomic mass is 31.2. The molecule has 0 N–H and O–H groups in total. The summed E-state index contributed by atoms with van der Waals surface area (Å²) < 4.78 is 16.3. The molecule has 1 heterocycles. The van der Waals surface area contributed by atoms with Crippen molar-refractivity contribution in [3.8, 4) is 0 Å². The number of benzene rings is 1. The topological polar surface area (TPSA) is 74.7 Å². The summed E-state index contributed by atoms with van der Waals surface area (Å²) in [7, 11) is 7.73. The minimum atomic E-state index is -2.53. The Morgan fingerprint density at radius 2 is 1.52 bits per heavy atom. The maximum Gasteiger partial charge on any atom is 0.357 e. The van der Waals surface area contributed by atoms with Crippen molar-refractivity contribution in [3.63, 3.8) is 0 Å². The molecular formula is C18H27N4O4P. The number of hydrogen-bond acceptors (Lipinski definition) is 8. The maximum atomic E-state index is 13.0. The van der Waals surface area contributed by atoms with Gasteiger partial charge in [0.05, 0.1) is 27.2 Å². The molecule has 0 unspecified atom stereocenters. The first kappa shape index (κ1) is 21.3. The molecule has 0 atom stereocenters. The molecular weight excluding hydrogens is 367 g/mol. The number of ether oxygens (including phenoxy) is 2. The third-order valence-electron chi connectivity index (χ3n) is 4.54. The van der Waals surface area contributed by atoms with Crippen molar-refractivity contribution in [1.82, 2.24) is 14.0 Å². The SMILES string of the molecule is COC(=O)C(=Nc1ccccc1)C(C(=O)OC)=P1(N(C)C)N(C)CCN1C. The highest BCUT2D eigenvalue weighted by molar-refractivity contribution is 7.74. The second-order valence-corrected chi connectivity index (χ2v) is 10.1. The quantitative estimate of drug-likeness (QED) is 0.425. The van der Waals surface area contributed by atoms with Crippen LogP contribution in [0.25, 0.3) is 0 Å². The van der Waals surface area contributed by atoms with Crippen LogP contribution in [0.1, 0.15) is 0 Å². The standard InChI is InChI=1S/C18H27N4O4P/c1-20(2)27(21(3)12-13-22(27)4)16(18(24)26-6)15(17(23)25-5)19-14-10-8-7-9-11-14/h7-11H,12-13H2,1-6H3. The molecule has 27 heavy (non-hydrogen) atoms. The lowest BCUT2D eigenvalue weighted by Crippen LogP contribution is -2.41. The van der Waals surface area contributed by atoms with E-state index < -0.39 is 19.3 Å². The van der Waals surface area contributed by atoms with Crippen LogP contribution in [0.15, 0.2) is 35.3 Å². The van der Waals surface area contributed by atoms with Crippen LogP contribution in [0.4, 0.5) is 5.69 Å². The molecule has 0 aliphatic carbocycles. The Morgan fingerprint density at radius 1 is 1.00 bits per heavy atom. The Kier molecular flexibility index (Phi) is 6.95. The zero-order chi connectivity index (χ0) is 20.2. The molecule has 9 heteroatoms. The molecule has 1 aromatic rings. The number of methoxy groups -OCH3 is 2. The van der Waals surface area contributed by atoms with E-state index in [1.165, 1.54) is 14.2 Å². The van der Waals surface area contributed by atoms with Crippen molar-refractivity contribution in [3.05, 3.63) is 30.3 Å². The second kappa shape index (κ2) is 8.80. The summed E-state index contributed by atoms with van der Waals surface area (Å²) in [6.07, 6.45) is 0. The van der Waals surface area contributed by atoms with E-state index in [0.717, 1.165) is 13.1 Å². The largest absolute Gasteiger partial charge is 0.465 e. The number of aliphatic imine (C=N–C) groups is 1. The molecule has 0 spiro atoms. The van der Waals surface area contributed by atoms with Crippen LogP contribution in [0.5, 0.6) is 0 Å². The van der Waals surface area contributed by atoms with Crippen LogP contribution in [0.2, 0.25) is 0 Å². The Balaban J connectivity index is 2.93. The van der Waals surface area contributed by atoms with Crippen LogP contribution in [0, 0.1) is 0 Å². The van der Waals surface area contributed by atoms with Crippen molar-refractivity contribution in [2.45, 2.75) is 0 Å².